The van der Waals surface area contributed by atoms with Gasteiger partial charge in [-0.1, -0.05) is 13.8 Å². The molecule has 0 aliphatic carbocycles. The zero-order valence-corrected chi connectivity index (χ0v) is 8.89. The lowest BCUT2D eigenvalue weighted by Gasteiger charge is -2.06. The number of aryl methyl sites for hydroxylation is 1. The average Bonchev–Trinajstić information content (AvgIpc) is 2.08. The molecule has 0 fully saturated rings. The van der Waals surface area contributed by atoms with Crippen molar-refractivity contribution in [2.75, 3.05) is 0 Å². The van der Waals surface area contributed by atoms with Crippen LogP contribution in [0.25, 0.3) is 0 Å². The van der Waals surface area contributed by atoms with E-state index in [0.29, 0.717) is 10.8 Å². The molecule has 0 radical (unpaired) electrons. The van der Waals surface area contributed by atoms with Crippen LogP contribution in [0.1, 0.15) is 29.8 Å². The van der Waals surface area contributed by atoms with Crippen LogP contribution in [-0.2, 0) is 0 Å². The molecule has 70 valence electrons. The third kappa shape index (κ3) is 2.84. The van der Waals surface area contributed by atoms with Crippen molar-refractivity contribution >= 4 is 18.0 Å². The van der Waals surface area contributed by atoms with Gasteiger partial charge in [-0.3, -0.25) is 4.79 Å². The van der Waals surface area contributed by atoms with E-state index in [0.717, 1.165) is 16.9 Å². The monoisotopic (exact) mass is 195 g/mol. The van der Waals surface area contributed by atoms with Crippen molar-refractivity contribution in [1.82, 2.24) is 4.98 Å². The number of aldehydes is 1. The highest BCUT2D eigenvalue weighted by Crippen LogP contribution is 2.23. The summed E-state index contributed by atoms with van der Waals surface area (Å²) in [6.45, 7) is 6.23. The Balaban J connectivity index is 2.91. The molecule has 0 atom stereocenters. The second-order valence-electron chi connectivity index (χ2n) is 3.18. The first kappa shape index (κ1) is 10.3. The van der Waals surface area contributed by atoms with Crippen LogP contribution in [0.4, 0.5) is 0 Å². The van der Waals surface area contributed by atoms with E-state index in [1.165, 1.54) is 0 Å². The van der Waals surface area contributed by atoms with E-state index >= 15 is 0 Å². The Kier molecular flexibility index (Phi) is 3.48. The molecule has 0 aromatic carbocycles. The average molecular weight is 195 g/mol. The Bertz CT molecular complexity index is 310. The number of pyridine rings is 1. The highest BCUT2D eigenvalue weighted by molar-refractivity contribution is 7.99. The number of hydrogen-bond acceptors (Lipinski definition) is 3. The zero-order chi connectivity index (χ0) is 9.84. The quantitative estimate of drug-likeness (QED) is 0.548. The molecular formula is C10H13NOS. The molecule has 13 heavy (non-hydrogen) atoms. The first-order chi connectivity index (χ1) is 6.13. The molecule has 2 nitrogen and oxygen atoms in total. The van der Waals surface area contributed by atoms with Crippen LogP contribution in [0.2, 0.25) is 0 Å². The lowest BCUT2D eigenvalue weighted by molar-refractivity contribution is 0.112. The summed E-state index contributed by atoms with van der Waals surface area (Å²) in [5.74, 6) is 0. The van der Waals surface area contributed by atoms with Crippen molar-refractivity contribution in [3.63, 3.8) is 0 Å². The minimum Gasteiger partial charge on any atom is -0.298 e. The molecule has 0 spiro atoms. The number of carbonyl (C=O) groups excluding carboxylic acids is 1. The summed E-state index contributed by atoms with van der Waals surface area (Å²) in [6.07, 6.45) is 2.44. The van der Waals surface area contributed by atoms with Crippen molar-refractivity contribution in [1.29, 1.82) is 0 Å². The van der Waals surface area contributed by atoms with Crippen molar-refractivity contribution in [3.05, 3.63) is 23.4 Å². The molecule has 0 saturated carbocycles. The molecule has 0 amide bonds. The predicted molar refractivity (Wildman–Crippen MR) is 55.4 cm³/mol. The molecule has 0 N–H and O–H groups in total. The Labute approximate surface area is 82.8 Å². The molecular weight excluding hydrogens is 182 g/mol. The van der Waals surface area contributed by atoms with Gasteiger partial charge in [0.25, 0.3) is 0 Å². The van der Waals surface area contributed by atoms with Crippen LogP contribution in [0.5, 0.6) is 0 Å². The molecule has 1 heterocycles. The second-order valence-corrected chi connectivity index (χ2v) is 4.74. The van der Waals surface area contributed by atoms with Gasteiger partial charge in [0.1, 0.15) is 0 Å². The maximum atomic E-state index is 10.4. The molecule has 0 saturated heterocycles. The fourth-order valence-electron chi connectivity index (χ4n) is 0.995. The Morgan fingerprint density at radius 2 is 2.23 bits per heavy atom. The van der Waals surface area contributed by atoms with Gasteiger partial charge in [0.2, 0.25) is 0 Å². The number of hydrogen-bond donors (Lipinski definition) is 0. The summed E-state index contributed by atoms with van der Waals surface area (Å²) < 4.78 is 0. The number of nitrogens with zero attached hydrogens (tertiary/aromatic N) is 1. The number of aromatic nitrogens is 1. The first-order valence-electron chi connectivity index (χ1n) is 4.22. The summed E-state index contributed by atoms with van der Waals surface area (Å²) in [5, 5.41) is 1.54. The summed E-state index contributed by atoms with van der Waals surface area (Å²) in [4.78, 5) is 14.7. The van der Waals surface area contributed by atoms with Gasteiger partial charge in [0, 0.05) is 17.0 Å². The molecule has 1 rings (SSSR count). The molecule has 1 aromatic heterocycles. The van der Waals surface area contributed by atoms with E-state index in [1.54, 1.807) is 18.0 Å². The second kappa shape index (κ2) is 4.42. The zero-order valence-electron chi connectivity index (χ0n) is 8.07. The first-order valence-corrected chi connectivity index (χ1v) is 5.10. The van der Waals surface area contributed by atoms with Gasteiger partial charge in [-0.15, -0.1) is 11.8 Å². The predicted octanol–water partition coefficient (Wildman–Crippen LogP) is 2.70. The molecule has 0 aliphatic rings. The van der Waals surface area contributed by atoms with Gasteiger partial charge in [-0.05, 0) is 18.6 Å². The molecule has 0 unspecified atom stereocenters. The fraction of sp³-hybridized carbons (Fsp3) is 0.400. The summed E-state index contributed by atoms with van der Waals surface area (Å²) >= 11 is 1.72. The highest BCUT2D eigenvalue weighted by Gasteiger charge is 2.04. The minimum atomic E-state index is 0.522. The Morgan fingerprint density at radius 1 is 1.54 bits per heavy atom. The molecule has 3 heteroatoms. The minimum absolute atomic E-state index is 0.522. The van der Waals surface area contributed by atoms with Crippen LogP contribution in [-0.4, -0.2) is 16.5 Å². The van der Waals surface area contributed by atoms with Gasteiger partial charge in [0.15, 0.2) is 6.29 Å². The smallest absolute Gasteiger partial charge is 0.151 e. The molecule has 0 aliphatic heterocycles. The van der Waals surface area contributed by atoms with Crippen molar-refractivity contribution in [3.8, 4) is 0 Å². The number of carbonyl (C=O) groups is 1. The third-order valence-electron chi connectivity index (χ3n) is 1.53. The topological polar surface area (TPSA) is 30.0 Å². The number of thioether (sulfide) groups is 1. The standard InChI is InChI=1S/C10H13NOS/c1-7(2)13-10-8(3)4-9(6-12)5-11-10/h4-7H,1-3H3. The van der Waals surface area contributed by atoms with E-state index in [4.69, 9.17) is 0 Å². The van der Waals surface area contributed by atoms with Crippen molar-refractivity contribution < 1.29 is 4.79 Å². The van der Waals surface area contributed by atoms with E-state index in [1.807, 2.05) is 13.0 Å². The van der Waals surface area contributed by atoms with E-state index in [2.05, 4.69) is 18.8 Å². The van der Waals surface area contributed by atoms with Crippen LogP contribution < -0.4 is 0 Å². The van der Waals surface area contributed by atoms with Crippen molar-refractivity contribution in [2.24, 2.45) is 0 Å². The summed E-state index contributed by atoms with van der Waals surface area (Å²) in [7, 11) is 0. The largest absolute Gasteiger partial charge is 0.298 e. The molecule has 1 aromatic rings. The number of rotatable bonds is 3. The molecule has 0 bridgehead atoms. The lowest BCUT2D eigenvalue weighted by atomic mass is 10.2. The third-order valence-corrected chi connectivity index (χ3v) is 2.66. The Hall–Kier alpha value is -0.830. The Morgan fingerprint density at radius 3 is 2.69 bits per heavy atom. The highest BCUT2D eigenvalue weighted by atomic mass is 32.2. The van der Waals surface area contributed by atoms with Gasteiger partial charge >= 0.3 is 0 Å². The lowest BCUT2D eigenvalue weighted by Crippen LogP contribution is -1.93. The van der Waals surface area contributed by atoms with E-state index < -0.39 is 0 Å². The fourth-order valence-corrected chi connectivity index (χ4v) is 1.80. The van der Waals surface area contributed by atoms with Gasteiger partial charge in [-0.25, -0.2) is 4.98 Å². The normalized spacial score (nSPS) is 10.5. The van der Waals surface area contributed by atoms with Crippen molar-refractivity contribution in [2.45, 2.75) is 31.0 Å². The van der Waals surface area contributed by atoms with Crippen LogP contribution in [0, 0.1) is 6.92 Å². The van der Waals surface area contributed by atoms with Crippen LogP contribution in [0.3, 0.4) is 0 Å². The summed E-state index contributed by atoms with van der Waals surface area (Å²) in [6, 6.07) is 1.87. The van der Waals surface area contributed by atoms with E-state index in [-0.39, 0.29) is 0 Å². The maximum Gasteiger partial charge on any atom is 0.151 e. The summed E-state index contributed by atoms with van der Waals surface area (Å²) in [5.41, 5.74) is 1.72. The van der Waals surface area contributed by atoms with Gasteiger partial charge < -0.3 is 0 Å². The van der Waals surface area contributed by atoms with Crippen LogP contribution in [0.15, 0.2) is 17.3 Å². The van der Waals surface area contributed by atoms with Crippen LogP contribution >= 0.6 is 11.8 Å². The van der Waals surface area contributed by atoms with E-state index in [9.17, 15) is 4.79 Å². The SMILES string of the molecule is Cc1cc(C=O)cnc1SC(C)C. The van der Waals surface area contributed by atoms with Gasteiger partial charge in [0.05, 0.1) is 5.03 Å². The van der Waals surface area contributed by atoms with Gasteiger partial charge in [-0.2, -0.15) is 0 Å². The maximum absolute atomic E-state index is 10.4.